The number of amides is 3. The Bertz CT molecular complexity index is 1280. The fourth-order valence-electron chi connectivity index (χ4n) is 5.15. The zero-order valence-electron chi connectivity index (χ0n) is 20.0. The number of aryl methyl sites for hydroxylation is 1. The number of halogens is 1. The summed E-state index contributed by atoms with van der Waals surface area (Å²) in [4.78, 5) is 54.5. The molecule has 7 nitrogen and oxygen atoms in total. The summed E-state index contributed by atoms with van der Waals surface area (Å²) in [6.45, 7) is 6.96. The lowest BCUT2D eigenvalue weighted by Crippen LogP contribution is -2.52. The van der Waals surface area contributed by atoms with Crippen LogP contribution in [-0.4, -0.2) is 58.5 Å². The van der Waals surface area contributed by atoms with Gasteiger partial charge >= 0.3 is 0 Å². The molecule has 1 spiro atoms. The van der Waals surface area contributed by atoms with E-state index in [9.17, 15) is 19.2 Å². The first kappa shape index (κ1) is 23.5. The molecule has 1 fully saturated rings. The van der Waals surface area contributed by atoms with Gasteiger partial charge in [-0.15, -0.1) is 0 Å². The van der Waals surface area contributed by atoms with Gasteiger partial charge in [0.1, 0.15) is 11.4 Å². The molecule has 0 aliphatic carbocycles. The Kier molecular flexibility index (Phi) is 5.71. The SMILES string of the molecule is Cc1cc2c(cc1Cl)C(=O)CC1(CCN(C(=O)c3ccc4c(c3)C(=O)N(CC(C)C)C4=O)CC1)O2. The maximum absolute atomic E-state index is 13.3. The van der Waals surface area contributed by atoms with Crippen LogP contribution < -0.4 is 4.74 Å². The molecule has 0 bridgehead atoms. The predicted octanol–water partition coefficient (Wildman–Crippen LogP) is 4.54. The number of piperidine rings is 1. The van der Waals surface area contributed by atoms with Gasteiger partial charge in [-0.2, -0.15) is 0 Å². The van der Waals surface area contributed by atoms with Gasteiger partial charge in [-0.25, -0.2) is 0 Å². The van der Waals surface area contributed by atoms with Crippen LogP contribution in [0.15, 0.2) is 30.3 Å². The number of rotatable bonds is 3. The first-order chi connectivity index (χ1) is 16.6. The molecule has 35 heavy (non-hydrogen) atoms. The lowest BCUT2D eigenvalue weighted by Gasteiger charge is -2.44. The minimum atomic E-state index is -0.640. The van der Waals surface area contributed by atoms with Crippen LogP contribution in [0.25, 0.3) is 0 Å². The van der Waals surface area contributed by atoms with E-state index in [1.165, 1.54) is 11.0 Å². The molecule has 8 heteroatoms. The van der Waals surface area contributed by atoms with E-state index in [0.29, 0.717) is 59.9 Å². The highest BCUT2D eigenvalue weighted by molar-refractivity contribution is 6.32. The summed E-state index contributed by atoms with van der Waals surface area (Å²) in [6, 6.07) is 8.19. The fourth-order valence-corrected chi connectivity index (χ4v) is 5.31. The van der Waals surface area contributed by atoms with Crippen LogP contribution in [0.3, 0.4) is 0 Å². The summed E-state index contributed by atoms with van der Waals surface area (Å²) in [7, 11) is 0. The molecule has 3 aliphatic heterocycles. The highest BCUT2D eigenvalue weighted by Crippen LogP contribution is 2.41. The van der Waals surface area contributed by atoms with Crippen LogP contribution in [0, 0.1) is 12.8 Å². The van der Waals surface area contributed by atoms with Crippen molar-refractivity contribution in [3.63, 3.8) is 0 Å². The summed E-state index contributed by atoms with van der Waals surface area (Å²) in [5.74, 6) is -0.157. The topological polar surface area (TPSA) is 84.0 Å². The number of likely N-dealkylation sites (tertiary alicyclic amines) is 1. The molecule has 1 saturated heterocycles. The average Bonchev–Trinajstić information content (AvgIpc) is 3.04. The van der Waals surface area contributed by atoms with Crippen molar-refractivity contribution in [3.05, 3.63) is 63.2 Å². The van der Waals surface area contributed by atoms with Gasteiger partial charge in [0, 0.05) is 43.1 Å². The van der Waals surface area contributed by atoms with Gasteiger partial charge in [0.15, 0.2) is 5.78 Å². The van der Waals surface area contributed by atoms with Gasteiger partial charge in [0.05, 0.1) is 23.1 Å². The molecule has 0 unspecified atom stereocenters. The summed E-state index contributed by atoms with van der Waals surface area (Å²) >= 11 is 6.19. The number of ketones is 1. The Balaban J connectivity index is 1.31. The number of ether oxygens (including phenoxy) is 1. The molecule has 0 atom stereocenters. The Morgan fingerprint density at radius 1 is 1.03 bits per heavy atom. The summed E-state index contributed by atoms with van der Waals surface area (Å²) in [5.41, 5.74) is 1.71. The second kappa shape index (κ2) is 8.48. The molecule has 0 saturated carbocycles. The monoisotopic (exact) mass is 494 g/mol. The number of hydrogen-bond donors (Lipinski definition) is 0. The van der Waals surface area contributed by atoms with E-state index in [4.69, 9.17) is 16.3 Å². The van der Waals surface area contributed by atoms with Crippen molar-refractivity contribution in [1.29, 1.82) is 0 Å². The van der Waals surface area contributed by atoms with Crippen LogP contribution in [0.2, 0.25) is 5.02 Å². The van der Waals surface area contributed by atoms with Gasteiger partial charge in [0.25, 0.3) is 17.7 Å². The van der Waals surface area contributed by atoms with Crippen LogP contribution in [0.5, 0.6) is 5.75 Å². The third-order valence-corrected chi connectivity index (χ3v) is 7.50. The highest BCUT2D eigenvalue weighted by Gasteiger charge is 2.44. The van der Waals surface area contributed by atoms with Gasteiger partial charge in [0.2, 0.25) is 0 Å². The average molecular weight is 495 g/mol. The first-order valence-electron chi connectivity index (χ1n) is 11.9. The zero-order chi connectivity index (χ0) is 25.1. The molecule has 2 aromatic rings. The smallest absolute Gasteiger partial charge is 0.261 e. The third kappa shape index (κ3) is 4.01. The predicted molar refractivity (Wildman–Crippen MR) is 130 cm³/mol. The summed E-state index contributed by atoms with van der Waals surface area (Å²) in [6.07, 6.45) is 1.30. The van der Waals surface area contributed by atoms with Crippen LogP contribution in [0.1, 0.15) is 80.1 Å². The molecule has 3 heterocycles. The Morgan fingerprint density at radius 3 is 2.40 bits per heavy atom. The maximum Gasteiger partial charge on any atom is 0.261 e. The Hall–Kier alpha value is -3.19. The van der Waals surface area contributed by atoms with E-state index in [1.807, 2.05) is 20.8 Å². The van der Waals surface area contributed by atoms with Crippen molar-refractivity contribution >= 4 is 35.1 Å². The normalized spacial score (nSPS) is 18.7. The zero-order valence-corrected chi connectivity index (χ0v) is 20.8. The van der Waals surface area contributed by atoms with E-state index < -0.39 is 5.60 Å². The molecule has 182 valence electrons. The highest BCUT2D eigenvalue weighted by atomic mass is 35.5. The lowest BCUT2D eigenvalue weighted by atomic mass is 9.82. The molecule has 0 radical (unpaired) electrons. The van der Waals surface area contributed by atoms with E-state index >= 15 is 0 Å². The van der Waals surface area contributed by atoms with Gasteiger partial charge in [-0.1, -0.05) is 25.4 Å². The van der Waals surface area contributed by atoms with Gasteiger partial charge in [-0.05, 0) is 48.7 Å². The number of hydrogen-bond acceptors (Lipinski definition) is 5. The minimum Gasteiger partial charge on any atom is -0.486 e. The number of benzene rings is 2. The van der Waals surface area contributed by atoms with Crippen molar-refractivity contribution in [2.75, 3.05) is 19.6 Å². The van der Waals surface area contributed by atoms with Crippen molar-refractivity contribution in [3.8, 4) is 5.75 Å². The third-order valence-electron chi connectivity index (χ3n) is 7.10. The molecule has 3 aliphatic rings. The second-order valence-electron chi connectivity index (χ2n) is 10.1. The van der Waals surface area contributed by atoms with E-state index in [-0.39, 0.29) is 41.4 Å². The number of imide groups is 1. The number of carbonyl (C=O) groups excluding carboxylic acids is 4. The lowest BCUT2D eigenvalue weighted by molar-refractivity contribution is -0.00575. The number of Topliss-reactive ketones (excluding diaryl/α,β-unsaturated/α-hetero) is 1. The molecule has 0 N–H and O–H groups in total. The van der Waals surface area contributed by atoms with Gasteiger partial charge in [-0.3, -0.25) is 24.1 Å². The number of nitrogens with zero attached hydrogens (tertiary/aromatic N) is 2. The van der Waals surface area contributed by atoms with Crippen LogP contribution >= 0.6 is 11.6 Å². The van der Waals surface area contributed by atoms with E-state index in [1.54, 1.807) is 29.2 Å². The number of fused-ring (bicyclic) bond motifs is 2. The summed E-state index contributed by atoms with van der Waals surface area (Å²) < 4.78 is 6.33. The second-order valence-corrected chi connectivity index (χ2v) is 10.6. The molecule has 2 aromatic carbocycles. The van der Waals surface area contributed by atoms with Crippen molar-refractivity contribution in [1.82, 2.24) is 9.80 Å². The molecule has 0 aromatic heterocycles. The van der Waals surface area contributed by atoms with Crippen molar-refractivity contribution in [2.24, 2.45) is 5.92 Å². The maximum atomic E-state index is 13.3. The molecule has 5 rings (SSSR count). The fraction of sp³-hybridized carbons (Fsp3) is 0.407. The quantitative estimate of drug-likeness (QED) is 0.585. The van der Waals surface area contributed by atoms with Crippen molar-refractivity contribution in [2.45, 2.75) is 45.6 Å². The Morgan fingerprint density at radius 2 is 1.71 bits per heavy atom. The van der Waals surface area contributed by atoms with Crippen molar-refractivity contribution < 1.29 is 23.9 Å². The molecular weight excluding hydrogens is 468 g/mol. The van der Waals surface area contributed by atoms with E-state index in [0.717, 1.165) is 5.56 Å². The minimum absolute atomic E-state index is 0.000630. The van der Waals surface area contributed by atoms with Gasteiger partial charge < -0.3 is 9.64 Å². The number of carbonyl (C=O) groups is 4. The largest absolute Gasteiger partial charge is 0.486 e. The summed E-state index contributed by atoms with van der Waals surface area (Å²) in [5, 5.41) is 0.541. The molecule has 3 amide bonds. The van der Waals surface area contributed by atoms with Crippen LogP contribution in [-0.2, 0) is 0 Å². The van der Waals surface area contributed by atoms with Crippen LogP contribution in [0.4, 0.5) is 0 Å². The molecular formula is C27H27ClN2O5. The Labute approximate surface area is 209 Å². The van der Waals surface area contributed by atoms with E-state index in [2.05, 4.69) is 0 Å². The standard InChI is InChI=1S/C27H27ClN2O5/c1-15(2)14-30-25(33)18-5-4-17(11-19(18)26(30)34)24(32)29-8-6-27(7-9-29)13-22(31)20-12-21(28)16(3)10-23(20)35-27/h4-5,10-12,15H,6-9,13-14H2,1-3H3. The first-order valence-corrected chi connectivity index (χ1v) is 12.3.